The molecule has 0 spiro atoms. The number of carboxylic acid groups (broad SMARTS) is 2. The number of aromatic hydroxyl groups is 1. The molecule has 1 rings (SSSR count). The lowest BCUT2D eigenvalue weighted by Crippen LogP contribution is -2.39. The molecular formula is C13H19NO8. The number of carboxylic acids is 2. The van der Waals surface area contributed by atoms with Gasteiger partial charge in [-0.25, -0.2) is 9.59 Å². The average Bonchev–Trinajstić information content (AvgIpc) is 2.45. The average molecular weight is 317 g/mol. The van der Waals surface area contributed by atoms with Crippen molar-refractivity contribution in [3.8, 4) is 5.75 Å². The minimum atomic E-state index is -2.27. The zero-order valence-corrected chi connectivity index (χ0v) is 11.7. The van der Waals surface area contributed by atoms with Gasteiger partial charge < -0.3 is 36.4 Å². The standard InChI is InChI=1S/C9H13NO2.C4H6O6/c1-6(10)9(12)7-3-2-4-8(11)5-7;5-1(3(7)8)2(6)4(9)10/h2-6,9,11-12H,10H2,1H3;1-2,5-6H,(H,7,8)(H,9,10)/t6-,9-;/m0./s1. The predicted molar refractivity (Wildman–Crippen MR) is 74.0 cm³/mol. The summed E-state index contributed by atoms with van der Waals surface area (Å²) in [6, 6.07) is 6.14. The summed E-state index contributed by atoms with van der Waals surface area (Å²) in [5.41, 5.74) is 6.13. The molecule has 124 valence electrons. The van der Waals surface area contributed by atoms with Crippen LogP contribution in [-0.4, -0.2) is 60.8 Å². The molecular weight excluding hydrogens is 298 g/mol. The third kappa shape index (κ3) is 6.50. The van der Waals surface area contributed by atoms with E-state index in [1.807, 2.05) is 0 Å². The first-order valence-electron chi connectivity index (χ1n) is 6.12. The van der Waals surface area contributed by atoms with Gasteiger partial charge in [-0.1, -0.05) is 12.1 Å². The molecule has 2 unspecified atom stereocenters. The van der Waals surface area contributed by atoms with Gasteiger partial charge in [0.25, 0.3) is 0 Å². The van der Waals surface area contributed by atoms with Crippen molar-refractivity contribution < 1.29 is 40.2 Å². The number of nitrogens with two attached hydrogens (primary N) is 1. The molecule has 0 aromatic heterocycles. The van der Waals surface area contributed by atoms with Crippen LogP contribution in [0.4, 0.5) is 0 Å². The van der Waals surface area contributed by atoms with E-state index in [0.717, 1.165) is 0 Å². The molecule has 9 nitrogen and oxygen atoms in total. The number of hydrogen-bond donors (Lipinski definition) is 7. The van der Waals surface area contributed by atoms with Crippen LogP contribution in [0.3, 0.4) is 0 Å². The third-order valence-electron chi connectivity index (χ3n) is 2.51. The van der Waals surface area contributed by atoms with Crippen LogP contribution >= 0.6 is 0 Å². The van der Waals surface area contributed by atoms with E-state index in [-0.39, 0.29) is 11.8 Å². The molecule has 0 saturated heterocycles. The Morgan fingerprint density at radius 3 is 1.82 bits per heavy atom. The SMILES string of the molecule is C[C@H](N)[C@H](O)c1cccc(O)c1.O=C(O)C(O)C(O)C(=O)O. The minimum Gasteiger partial charge on any atom is -0.508 e. The van der Waals surface area contributed by atoms with Crippen LogP contribution in [0, 0.1) is 0 Å². The topological polar surface area (TPSA) is 182 Å². The first-order chi connectivity index (χ1) is 10.1. The fourth-order valence-corrected chi connectivity index (χ4v) is 1.28. The molecule has 0 radical (unpaired) electrons. The number of benzene rings is 1. The van der Waals surface area contributed by atoms with Crippen molar-refractivity contribution in [1.29, 1.82) is 0 Å². The number of aliphatic hydroxyl groups is 3. The Bertz CT molecular complexity index is 487. The van der Waals surface area contributed by atoms with Gasteiger partial charge in [-0.3, -0.25) is 0 Å². The number of rotatable bonds is 5. The minimum absolute atomic E-state index is 0.146. The second kappa shape index (κ2) is 8.95. The van der Waals surface area contributed by atoms with E-state index in [1.165, 1.54) is 6.07 Å². The Morgan fingerprint density at radius 2 is 1.50 bits per heavy atom. The smallest absolute Gasteiger partial charge is 0.335 e. The van der Waals surface area contributed by atoms with Gasteiger partial charge in [-0.15, -0.1) is 0 Å². The molecule has 1 aromatic rings. The van der Waals surface area contributed by atoms with Crippen molar-refractivity contribution in [1.82, 2.24) is 0 Å². The molecule has 9 heteroatoms. The first-order valence-corrected chi connectivity index (χ1v) is 6.12. The van der Waals surface area contributed by atoms with E-state index in [2.05, 4.69) is 0 Å². The molecule has 0 aliphatic heterocycles. The fourth-order valence-electron chi connectivity index (χ4n) is 1.28. The summed E-state index contributed by atoms with van der Waals surface area (Å²) in [5, 5.41) is 51.1. The highest BCUT2D eigenvalue weighted by Gasteiger charge is 2.29. The molecule has 0 heterocycles. The Hall–Kier alpha value is -2.20. The maximum atomic E-state index is 9.77. The van der Waals surface area contributed by atoms with Gasteiger partial charge in [0.2, 0.25) is 0 Å². The number of carbonyl (C=O) groups is 2. The molecule has 0 amide bonds. The van der Waals surface area contributed by atoms with Crippen LogP contribution in [0.15, 0.2) is 24.3 Å². The molecule has 0 fully saturated rings. The van der Waals surface area contributed by atoms with Crippen molar-refractivity contribution in [2.45, 2.75) is 31.3 Å². The van der Waals surface area contributed by atoms with Gasteiger partial charge in [0, 0.05) is 6.04 Å². The zero-order chi connectivity index (χ0) is 17.4. The Morgan fingerprint density at radius 1 is 1.05 bits per heavy atom. The lowest BCUT2D eigenvalue weighted by molar-refractivity contribution is -0.165. The quantitative estimate of drug-likeness (QED) is 0.345. The normalized spacial score (nSPS) is 15.7. The van der Waals surface area contributed by atoms with Crippen molar-refractivity contribution in [3.05, 3.63) is 29.8 Å². The summed E-state index contributed by atoms with van der Waals surface area (Å²) in [4.78, 5) is 19.5. The van der Waals surface area contributed by atoms with Crippen LogP contribution < -0.4 is 5.73 Å². The summed E-state index contributed by atoms with van der Waals surface area (Å²) >= 11 is 0. The van der Waals surface area contributed by atoms with E-state index < -0.39 is 30.3 Å². The van der Waals surface area contributed by atoms with Crippen molar-refractivity contribution in [2.24, 2.45) is 5.73 Å². The molecule has 0 saturated carbocycles. The molecule has 0 aliphatic rings. The lowest BCUT2D eigenvalue weighted by Gasteiger charge is -2.14. The molecule has 0 bridgehead atoms. The summed E-state index contributed by atoms with van der Waals surface area (Å²) in [5.74, 6) is -3.39. The lowest BCUT2D eigenvalue weighted by atomic mass is 10.0. The van der Waals surface area contributed by atoms with Gasteiger partial charge in [-0.05, 0) is 24.6 Å². The van der Waals surface area contributed by atoms with Crippen LogP contribution in [0.2, 0.25) is 0 Å². The monoisotopic (exact) mass is 317 g/mol. The van der Waals surface area contributed by atoms with Crippen LogP contribution in [-0.2, 0) is 9.59 Å². The van der Waals surface area contributed by atoms with Gasteiger partial charge in [0.1, 0.15) is 5.75 Å². The Kier molecular flexibility index (Phi) is 8.05. The number of phenols is 1. The highest BCUT2D eigenvalue weighted by Crippen LogP contribution is 2.19. The van der Waals surface area contributed by atoms with Crippen LogP contribution in [0.5, 0.6) is 5.75 Å². The molecule has 8 N–H and O–H groups in total. The largest absolute Gasteiger partial charge is 0.508 e. The van der Waals surface area contributed by atoms with Crippen molar-refractivity contribution >= 4 is 11.9 Å². The van der Waals surface area contributed by atoms with E-state index >= 15 is 0 Å². The van der Waals surface area contributed by atoms with Crippen molar-refractivity contribution in [3.63, 3.8) is 0 Å². The molecule has 4 atom stereocenters. The van der Waals surface area contributed by atoms with Gasteiger partial charge in [-0.2, -0.15) is 0 Å². The molecule has 0 aliphatic carbocycles. The van der Waals surface area contributed by atoms with Crippen LogP contribution in [0.25, 0.3) is 0 Å². The Labute approximate surface area is 125 Å². The second-order valence-electron chi connectivity index (χ2n) is 4.47. The second-order valence-corrected chi connectivity index (χ2v) is 4.47. The van der Waals surface area contributed by atoms with Gasteiger partial charge in [0.05, 0.1) is 6.10 Å². The zero-order valence-electron chi connectivity index (χ0n) is 11.7. The summed E-state index contributed by atoms with van der Waals surface area (Å²) < 4.78 is 0. The van der Waals surface area contributed by atoms with Crippen LogP contribution in [0.1, 0.15) is 18.6 Å². The first kappa shape index (κ1) is 19.8. The molecule has 22 heavy (non-hydrogen) atoms. The fraction of sp³-hybridized carbons (Fsp3) is 0.385. The highest BCUT2D eigenvalue weighted by atomic mass is 16.4. The number of phenolic OH excluding ortho intramolecular Hbond substituents is 1. The van der Waals surface area contributed by atoms with E-state index in [9.17, 15) is 14.7 Å². The number of aliphatic hydroxyl groups excluding tert-OH is 3. The van der Waals surface area contributed by atoms with E-state index in [4.69, 9.17) is 31.3 Å². The van der Waals surface area contributed by atoms with E-state index in [0.29, 0.717) is 5.56 Å². The third-order valence-corrected chi connectivity index (χ3v) is 2.51. The summed E-state index contributed by atoms with van der Waals surface area (Å²) in [7, 11) is 0. The Balaban J connectivity index is 0.000000409. The number of aliphatic carboxylic acids is 2. The number of hydrogen-bond acceptors (Lipinski definition) is 7. The van der Waals surface area contributed by atoms with E-state index in [1.54, 1.807) is 25.1 Å². The predicted octanol–water partition coefficient (Wildman–Crippen LogP) is -1.35. The van der Waals surface area contributed by atoms with Crippen molar-refractivity contribution in [2.75, 3.05) is 0 Å². The van der Waals surface area contributed by atoms with Gasteiger partial charge >= 0.3 is 11.9 Å². The molecule has 1 aromatic carbocycles. The summed E-state index contributed by atoms with van der Waals surface area (Å²) in [6.45, 7) is 1.72. The maximum absolute atomic E-state index is 9.77. The highest BCUT2D eigenvalue weighted by molar-refractivity contribution is 5.83. The maximum Gasteiger partial charge on any atom is 0.335 e. The summed E-state index contributed by atoms with van der Waals surface area (Å²) in [6.07, 6.45) is -5.24. The van der Waals surface area contributed by atoms with Gasteiger partial charge in [0.15, 0.2) is 12.2 Å².